The Hall–Kier alpha value is -2.35. The van der Waals surface area contributed by atoms with Gasteiger partial charge in [0.1, 0.15) is 5.54 Å². The number of para-hydroxylation sites is 1. The summed E-state index contributed by atoms with van der Waals surface area (Å²) in [6.45, 7) is 0.295. The highest BCUT2D eigenvalue weighted by atomic mass is 35.5. The molecule has 3 heterocycles. The van der Waals surface area contributed by atoms with Crippen molar-refractivity contribution < 1.29 is 14.4 Å². The molecule has 1 spiro atoms. The number of carbonyl (C=O) groups excluding carboxylic acids is 3. The van der Waals surface area contributed by atoms with Crippen LogP contribution in [0.25, 0.3) is 0 Å². The summed E-state index contributed by atoms with van der Waals surface area (Å²) in [5.41, 5.74) is 1.09. The van der Waals surface area contributed by atoms with Crippen LogP contribution in [0.15, 0.2) is 48.5 Å². The van der Waals surface area contributed by atoms with Gasteiger partial charge in [-0.1, -0.05) is 48.0 Å². The van der Waals surface area contributed by atoms with E-state index in [-0.39, 0.29) is 23.8 Å². The van der Waals surface area contributed by atoms with E-state index in [2.05, 4.69) is 5.32 Å². The van der Waals surface area contributed by atoms with E-state index in [1.165, 1.54) is 11.9 Å². The first-order valence-corrected chi connectivity index (χ1v) is 12.4. The molecule has 0 bridgehead atoms. The van der Waals surface area contributed by atoms with Gasteiger partial charge in [0.25, 0.3) is 5.91 Å². The van der Waals surface area contributed by atoms with Gasteiger partial charge in [0.2, 0.25) is 11.8 Å². The highest BCUT2D eigenvalue weighted by Gasteiger charge is 2.70. The van der Waals surface area contributed by atoms with Crippen LogP contribution < -0.4 is 10.2 Å². The van der Waals surface area contributed by atoms with Gasteiger partial charge in [0, 0.05) is 29.4 Å². The van der Waals surface area contributed by atoms with Crippen molar-refractivity contribution in [1.82, 2.24) is 10.2 Å². The second kappa shape index (κ2) is 7.90. The van der Waals surface area contributed by atoms with Crippen LogP contribution in [0, 0.1) is 11.8 Å². The highest BCUT2D eigenvalue weighted by Crippen LogP contribution is 2.55. The molecule has 0 radical (unpaired) electrons. The molecule has 0 saturated carbocycles. The topological polar surface area (TPSA) is 69.7 Å². The molecule has 3 aliphatic rings. The summed E-state index contributed by atoms with van der Waals surface area (Å²) >= 11 is 8.09. The number of likely N-dealkylation sites (tertiary alicyclic amines) is 1. The van der Waals surface area contributed by atoms with Crippen LogP contribution in [-0.4, -0.2) is 47.7 Å². The van der Waals surface area contributed by atoms with Gasteiger partial charge in [0.05, 0.1) is 18.4 Å². The Labute approximate surface area is 196 Å². The highest BCUT2D eigenvalue weighted by molar-refractivity contribution is 7.98. The van der Waals surface area contributed by atoms with E-state index in [0.717, 1.165) is 22.6 Å². The van der Waals surface area contributed by atoms with Crippen LogP contribution in [0.1, 0.15) is 17.5 Å². The number of hydrogen-bond donors (Lipinski definition) is 1. The minimum atomic E-state index is -1.25. The number of nitrogens with one attached hydrogen (secondary N) is 1. The van der Waals surface area contributed by atoms with E-state index < -0.39 is 17.4 Å². The van der Waals surface area contributed by atoms with Gasteiger partial charge in [-0.25, -0.2) is 0 Å². The third-order valence-corrected chi connectivity index (χ3v) is 8.02. The van der Waals surface area contributed by atoms with E-state index in [0.29, 0.717) is 18.0 Å². The average molecular weight is 470 g/mol. The van der Waals surface area contributed by atoms with Crippen molar-refractivity contribution in [3.8, 4) is 0 Å². The Balaban J connectivity index is 1.63. The number of anilines is 1. The molecule has 3 aliphatic heterocycles. The second-order valence-corrected chi connectivity index (χ2v) is 9.97. The maximum atomic E-state index is 14.2. The van der Waals surface area contributed by atoms with Crippen LogP contribution in [0.4, 0.5) is 5.69 Å². The fourth-order valence-electron chi connectivity index (χ4n) is 5.54. The lowest BCUT2D eigenvalue weighted by molar-refractivity contribution is -0.141. The monoisotopic (exact) mass is 469 g/mol. The van der Waals surface area contributed by atoms with Crippen LogP contribution in [0.2, 0.25) is 5.02 Å². The van der Waals surface area contributed by atoms with Gasteiger partial charge in [-0.2, -0.15) is 11.8 Å². The normalized spacial score (nSPS) is 28.7. The molecule has 4 atom stereocenters. The molecule has 4 unspecified atom stereocenters. The summed E-state index contributed by atoms with van der Waals surface area (Å²) in [7, 11) is 1.52. The quantitative estimate of drug-likeness (QED) is 0.681. The van der Waals surface area contributed by atoms with Gasteiger partial charge in [-0.15, -0.1) is 0 Å². The molecule has 8 heteroatoms. The van der Waals surface area contributed by atoms with Crippen molar-refractivity contribution in [3.05, 3.63) is 64.7 Å². The number of fused-ring (bicyclic) bond motifs is 4. The van der Waals surface area contributed by atoms with E-state index in [1.807, 2.05) is 48.7 Å². The number of amides is 3. The average Bonchev–Trinajstić information content (AvgIpc) is 3.34. The third-order valence-electron chi connectivity index (χ3n) is 7.01. The summed E-state index contributed by atoms with van der Waals surface area (Å²) < 4.78 is 0. The van der Waals surface area contributed by atoms with Crippen molar-refractivity contribution in [3.63, 3.8) is 0 Å². The van der Waals surface area contributed by atoms with Crippen molar-refractivity contribution >= 4 is 46.8 Å². The summed E-state index contributed by atoms with van der Waals surface area (Å²) in [4.78, 5) is 43.4. The standard InChI is InChI=1S/C24H24ClN3O3S/c1-27-21(29)19-17(11-12-32-2)26-24(20(19)22(27)30)15-8-4-6-10-18(15)28(23(24)31)13-14-7-3-5-9-16(14)25/h3-10,17,19-20,26H,11-13H2,1-2H3. The van der Waals surface area contributed by atoms with Crippen LogP contribution >= 0.6 is 23.4 Å². The first-order valence-electron chi connectivity index (χ1n) is 10.6. The molecular weight excluding hydrogens is 446 g/mol. The maximum Gasteiger partial charge on any atom is 0.253 e. The molecular formula is C24H24ClN3O3S. The van der Waals surface area contributed by atoms with Crippen molar-refractivity contribution in [1.29, 1.82) is 0 Å². The summed E-state index contributed by atoms with van der Waals surface area (Å²) in [5, 5.41) is 4.10. The Bertz CT molecular complexity index is 1130. The fourth-order valence-corrected chi connectivity index (χ4v) is 6.22. The van der Waals surface area contributed by atoms with Gasteiger partial charge >= 0.3 is 0 Å². The summed E-state index contributed by atoms with van der Waals surface area (Å²) in [6, 6.07) is 14.8. The van der Waals surface area contributed by atoms with Gasteiger partial charge in [-0.05, 0) is 36.1 Å². The van der Waals surface area contributed by atoms with Gasteiger partial charge in [0.15, 0.2) is 0 Å². The zero-order valence-corrected chi connectivity index (χ0v) is 19.4. The Morgan fingerprint density at radius 1 is 1.06 bits per heavy atom. The predicted octanol–water partition coefficient (Wildman–Crippen LogP) is 3.04. The minimum absolute atomic E-state index is 0.197. The van der Waals surface area contributed by atoms with Crippen molar-refractivity contribution in [2.45, 2.75) is 24.5 Å². The molecule has 166 valence electrons. The minimum Gasteiger partial charge on any atom is -0.306 e. The summed E-state index contributed by atoms with van der Waals surface area (Å²) in [5.74, 6) is -1.15. The van der Waals surface area contributed by atoms with Crippen LogP contribution in [-0.2, 0) is 26.5 Å². The number of imide groups is 1. The van der Waals surface area contributed by atoms with Gasteiger partial charge in [-0.3, -0.25) is 24.6 Å². The predicted molar refractivity (Wildman–Crippen MR) is 125 cm³/mol. The number of benzene rings is 2. The zero-order chi connectivity index (χ0) is 22.6. The van der Waals surface area contributed by atoms with Crippen LogP contribution in [0.5, 0.6) is 0 Å². The first-order chi connectivity index (χ1) is 15.4. The molecule has 6 nitrogen and oxygen atoms in total. The van der Waals surface area contributed by atoms with Crippen molar-refractivity contribution in [2.75, 3.05) is 24.0 Å². The van der Waals surface area contributed by atoms with Crippen molar-refractivity contribution in [2.24, 2.45) is 11.8 Å². The number of thioether (sulfide) groups is 1. The third kappa shape index (κ3) is 2.87. The molecule has 2 fully saturated rings. The largest absolute Gasteiger partial charge is 0.306 e. The molecule has 0 aliphatic carbocycles. The Morgan fingerprint density at radius 3 is 2.53 bits per heavy atom. The molecule has 2 aromatic rings. The Morgan fingerprint density at radius 2 is 1.78 bits per heavy atom. The smallest absolute Gasteiger partial charge is 0.253 e. The number of carbonyl (C=O) groups is 3. The number of hydrogen-bond acceptors (Lipinski definition) is 5. The molecule has 2 aromatic carbocycles. The molecule has 2 saturated heterocycles. The number of halogens is 1. The zero-order valence-electron chi connectivity index (χ0n) is 17.9. The molecule has 5 rings (SSSR count). The maximum absolute atomic E-state index is 14.2. The lowest BCUT2D eigenvalue weighted by atomic mass is 9.76. The van der Waals surface area contributed by atoms with E-state index >= 15 is 0 Å². The van der Waals surface area contributed by atoms with Crippen LogP contribution in [0.3, 0.4) is 0 Å². The van der Waals surface area contributed by atoms with E-state index in [1.54, 1.807) is 22.7 Å². The van der Waals surface area contributed by atoms with Gasteiger partial charge < -0.3 is 4.90 Å². The first kappa shape index (κ1) is 21.5. The molecule has 0 aromatic heterocycles. The lowest BCUT2D eigenvalue weighted by Crippen LogP contribution is -2.54. The SMILES string of the molecule is CSCCC1NC2(C(=O)N(Cc3ccccc3Cl)c3ccccc32)C2C(=O)N(C)C(=O)C12. The Kier molecular flexibility index (Phi) is 5.31. The molecule has 1 N–H and O–H groups in total. The summed E-state index contributed by atoms with van der Waals surface area (Å²) in [6.07, 6.45) is 2.72. The molecule has 32 heavy (non-hydrogen) atoms. The number of nitrogens with zero attached hydrogens (tertiary/aromatic N) is 2. The van der Waals surface area contributed by atoms with E-state index in [9.17, 15) is 14.4 Å². The van der Waals surface area contributed by atoms with E-state index in [4.69, 9.17) is 11.6 Å². The lowest BCUT2D eigenvalue weighted by Gasteiger charge is -2.30. The second-order valence-electron chi connectivity index (χ2n) is 8.58. The fraction of sp³-hybridized carbons (Fsp3) is 0.375. The number of rotatable bonds is 5. The molecule has 3 amide bonds.